The molecule has 1 saturated carbocycles. The van der Waals surface area contributed by atoms with Gasteiger partial charge in [0.15, 0.2) is 0 Å². The summed E-state index contributed by atoms with van der Waals surface area (Å²) in [7, 11) is 0. The lowest BCUT2D eigenvalue weighted by molar-refractivity contribution is -0.113. The van der Waals surface area contributed by atoms with Crippen LogP contribution in [-0.4, -0.2) is 46.3 Å². The van der Waals surface area contributed by atoms with E-state index in [-0.39, 0.29) is 31.0 Å². The summed E-state index contributed by atoms with van der Waals surface area (Å²) in [5, 5.41) is 29.2. The van der Waals surface area contributed by atoms with E-state index in [1.54, 1.807) is 0 Å². The number of ether oxygens (including phenoxy) is 2. The molecule has 0 spiro atoms. The SMILES string of the molecule is CC.Cc1ccc([C@H]2C[C@@H](O)C[C@@H](CO)O2)cc1Cc1ccc(O[C@@H]2CC[C@H](O)C2)cc1. The normalized spacial score (nSPS) is 27.5. The molecule has 2 aliphatic rings. The Hall–Kier alpha value is -1.92. The zero-order chi connectivity index (χ0) is 23.1. The molecule has 2 aromatic carbocycles. The largest absolute Gasteiger partial charge is 0.490 e. The number of hydrogen-bond donors (Lipinski definition) is 3. The topological polar surface area (TPSA) is 79.2 Å². The third-order valence-electron chi connectivity index (χ3n) is 6.30. The molecular formula is C27H38O5. The van der Waals surface area contributed by atoms with Crippen molar-refractivity contribution in [3.8, 4) is 5.75 Å². The van der Waals surface area contributed by atoms with E-state index in [1.165, 1.54) is 16.7 Å². The lowest BCUT2D eigenvalue weighted by Gasteiger charge is -2.32. The Morgan fingerprint density at radius 2 is 1.69 bits per heavy atom. The fourth-order valence-corrected chi connectivity index (χ4v) is 4.53. The fraction of sp³-hybridized carbons (Fsp3) is 0.556. The third-order valence-corrected chi connectivity index (χ3v) is 6.30. The molecule has 176 valence electrons. The predicted molar refractivity (Wildman–Crippen MR) is 126 cm³/mol. The molecule has 5 heteroatoms. The second-order valence-corrected chi connectivity index (χ2v) is 8.77. The average molecular weight is 443 g/mol. The van der Waals surface area contributed by atoms with Crippen LogP contribution in [-0.2, 0) is 11.2 Å². The third kappa shape index (κ3) is 6.55. The summed E-state index contributed by atoms with van der Waals surface area (Å²) < 4.78 is 12.0. The first-order valence-corrected chi connectivity index (χ1v) is 12.0. The zero-order valence-corrected chi connectivity index (χ0v) is 19.5. The van der Waals surface area contributed by atoms with Crippen LogP contribution in [0.2, 0.25) is 0 Å². The van der Waals surface area contributed by atoms with Crippen molar-refractivity contribution in [1.29, 1.82) is 0 Å². The Morgan fingerprint density at radius 3 is 2.34 bits per heavy atom. The summed E-state index contributed by atoms with van der Waals surface area (Å²) in [6, 6.07) is 14.5. The van der Waals surface area contributed by atoms with Gasteiger partial charge in [0.05, 0.1) is 31.0 Å². The first-order valence-electron chi connectivity index (χ1n) is 12.0. The Morgan fingerprint density at radius 1 is 0.938 bits per heavy atom. The van der Waals surface area contributed by atoms with Gasteiger partial charge in [-0.1, -0.05) is 44.2 Å². The first-order chi connectivity index (χ1) is 15.5. The van der Waals surface area contributed by atoms with Crippen molar-refractivity contribution in [3.05, 3.63) is 64.7 Å². The van der Waals surface area contributed by atoms with Crippen LogP contribution in [0.15, 0.2) is 42.5 Å². The van der Waals surface area contributed by atoms with Gasteiger partial charge in [-0.05, 0) is 60.6 Å². The molecule has 0 aromatic heterocycles. The maximum Gasteiger partial charge on any atom is 0.119 e. The minimum atomic E-state index is -0.445. The van der Waals surface area contributed by atoms with Gasteiger partial charge in [0, 0.05) is 19.3 Å². The van der Waals surface area contributed by atoms with Crippen LogP contribution in [0.3, 0.4) is 0 Å². The molecule has 2 fully saturated rings. The Bertz CT molecular complexity index is 834. The van der Waals surface area contributed by atoms with E-state index >= 15 is 0 Å². The van der Waals surface area contributed by atoms with Crippen molar-refractivity contribution < 1.29 is 24.8 Å². The molecule has 1 aliphatic carbocycles. The van der Waals surface area contributed by atoms with Crippen LogP contribution in [0.1, 0.15) is 74.3 Å². The molecule has 1 aliphatic heterocycles. The Balaban J connectivity index is 0.00000141. The van der Waals surface area contributed by atoms with Crippen LogP contribution in [0.5, 0.6) is 5.75 Å². The monoisotopic (exact) mass is 442 g/mol. The van der Waals surface area contributed by atoms with E-state index in [2.05, 4.69) is 37.3 Å². The number of hydrogen-bond acceptors (Lipinski definition) is 5. The van der Waals surface area contributed by atoms with Gasteiger partial charge in [0.25, 0.3) is 0 Å². The first kappa shape index (κ1) is 24.7. The van der Waals surface area contributed by atoms with Crippen LogP contribution in [0.25, 0.3) is 0 Å². The van der Waals surface area contributed by atoms with Gasteiger partial charge >= 0.3 is 0 Å². The standard InChI is InChI=1S/C25H32O5.C2H6/c1-16-2-5-18(25-14-21(28)13-24(15-26)30-25)11-19(16)10-17-3-7-22(8-4-17)29-23-9-6-20(27)12-23;1-2/h2-5,7-8,11,20-21,23-28H,6,9-10,12-15H2,1H3;1-2H3/t20-,21-,23+,24-,25+;/m0./s1. The van der Waals surface area contributed by atoms with Crippen molar-refractivity contribution in [1.82, 2.24) is 0 Å². The lowest BCUT2D eigenvalue weighted by atomic mass is 9.92. The van der Waals surface area contributed by atoms with Crippen molar-refractivity contribution in [3.63, 3.8) is 0 Å². The summed E-state index contributed by atoms with van der Waals surface area (Å²) in [6.45, 7) is 6.04. The number of aryl methyl sites for hydroxylation is 1. The zero-order valence-electron chi connectivity index (χ0n) is 19.5. The maximum absolute atomic E-state index is 10.1. The fourth-order valence-electron chi connectivity index (χ4n) is 4.53. The molecule has 4 rings (SSSR count). The predicted octanol–water partition coefficient (Wildman–Crippen LogP) is 4.48. The second kappa shape index (κ2) is 11.8. The molecule has 0 amide bonds. The van der Waals surface area contributed by atoms with Gasteiger partial charge in [0.2, 0.25) is 0 Å². The molecule has 3 N–H and O–H groups in total. The quantitative estimate of drug-likeness (QED) is 0.615. The summed E-state index contributed by atoms with van der Waals surface area (Å²) >= 11 is 0. The molecule has 0 radical (unpaired) electrons. The Labute approximate surface area is 192 Å². The van der Waals surface area contributed by atoms with Crippen LogP contribution >= 0.6 is 0 Å². The molecule has 0 bridgehead atoms. The average Bonchev–Trinajstić information content (AvgIpc) is 3.22. The van der Waals surface area contributed by atoms with Crippen LogP contribution < -0.4 is 4.74 Å². The minimum absolute atomic E-state index is 0.0689. The highest BCUT2D eigenvalue weighted by atomic mass is 16.5. The number of aliphatic hydroxyl groups is 3. The Kier molecular flexibility index (Phi) is 9.11. The number of benzene rings is 2. The van der Waals surface area contributed by atoms with Gasteiger partial charge in [-0.25, -0.2) is 0 Å². The molecule has 5 atom stereocenters. The van der Waals surface area contributed by atoms with Gasteiger partial charge in [-0.2, -0.15) is 0 Å². The smallest absolute Gasteiger partial charge is 0.119 e. The highest BCUT2D eigenvalue weighted by Gasteiger charge is 2.29. The molecule has 1 saturated heterocycles. The van der Waals surface area contributed by atoms with Crippen molar-refractivity contribution in [2.45, 2.75) is 89.8 Å². The molecule has 1 heterocycles. The highest BCUT2D eigenvalue weighted by Crippen LogP contribution is 2.33. The summed E-state index contributed by atoms with van der Waals surface area (Å²) in [6.07, 6.45) is 3.22. The van der Waals surface area contributed by atoms with E-state index < -0.39 is 6.10 Å². The molecular weight excluding hydrogens is 404 g/mol. The van der Waals surface area contributed by atoms with Crippen LogP contribution in [0.4, 0.5) is 0 Å². The lowest BCUT2D eigenvalue weighted by Crippen LogP contribution is -2.33. The van der Waals surface area contributed by atoms with Gasteiger partial charge in [-0.3, -0.25) is 0 Å². The molecule has 5 nitrogen and oxygen atoms in total. The van der Waals surface area contributed by atoms with E-state index in [0.29, 0.717) is 19.3 Å². The van der Waals surface area contributed by atoms with Crippen molar-refractivity contribution in [2.24, 2.45) is 0 Å². The van der Waals surface area contributed by atoms with Gasteiger partial charge < -0.3 is 24.8 Å². The van der Waals surface area contributed by atoms with E-state index in [0.717, 1.165) is 30.6 Å². The van der Waals surface area contributed by atoms with Crippen molar-refractivity contribution in [2.75, 3.05) is 6.61 Å². The number of rotatable bonds is 6. The molecule has 2 aromatic rings. The molecule has 0 unspecified atom stereocenters. The van der Waals surface area contributed by atoms with Gasteiger partial charge in [-0.15, -0.1) is 0 Å². The second-order valence-electron chi connectivity index (χ2n) is 8.77. The van der Waals surface area contributed by atoms with E-state index in [9.17, 15) is 15.3 Å². The summed E-state index contributed by atoms with van der Waals surface area (Å²) in [5.41, 5.74) is 4.69. The summed E-state index contributed by atoms with van der Waals surface area (Å²) in [4.78, 5) is 0. The van der Waals surface area contributed by atoms with E-state index in [4.69, 9.17) is 9.47 Å². The van der Waals surface area contributed by atoms with E-state index in [1.807, 2.05) is 26.0 Å². The van der Waals surface area contributed by atoms with Crippen LogP contribution in [0, 0.1) is 6.92 Å². The maximum atomic E-state index is 10.1. The van der Waals surface area contributed by atoms with Gasteiger partial charge in [0.1, 0.15) is 11.9 Å². The summed E-state index contributed by atoms with van der Waals surface area (Å²) in [5.74, 6) is 0.850. The highest BCUT2D eigenvalue weighted by molar-refractivity contribution is 5.38. The minimum Gasteiger partial charge on any atom is -0.490 e. The van der Waals surface area contributed by atoms with Crippen molar-refractivity contribution >= 4 is 0 Å². The number of aliphatic hydroxyl groups excluding tert-OH is 3. The molecule has 32 heavy (non-hydrogen) atoms.